The zero-order chi connectivity index (χ0) is 15.4. The number of nitrogens with zero attached hydrogens (tertiary/aromatic N) is 1. The van der Waals surface area contributed by atoms with Gasteiger partial charge in [0, 0.05) is 6.54 Å². The van der Waals surface area contributed by atoms with Gasteiger partial charge in [-0.15, -0.1) is 0 Å². The van der Waals surface area contributed by atoms with E-state index in [-0.39, 0.29) is 36.8 Å². The Labute approximate surface area is 123 Å². The Hall–Kier alpha value is -1.66. The molecule has 0 spiro atoms. The highest BCUT2D eigenvalue weighted by atomic mass is 19.1. The number of carbonyl (C=O) groups is 1. The van der Waals surface area contributed by atoms with Gasteiger partial charge in [-0.3, -0.25) is 4.79 Å². The van der Waals surface area contributed by atoms with Crippen molar-refractivity contribution in [3.63, 3.8) is 0 Å². The summed E-state index contributed by atoms with van der Waals surface area (Å²) in [6, 6.07) is 4.44. The molecule has 1 aromatic rings. The van der Waals surface area contributed by atoms with Gasteiger partial charge in [-0.2, -0.15) is 0 Å². The predicted octanol–water partition coefficient (Wildman–Crippen LogP) is 0.985. The van der Waals surface area contributed by atoms with Gasteiger partial charge in [-0.1, -0.05) is 6.07 Å². The van der Waals surface area contributed by atoms with Crippen molar-refractivity contribution in [1.82, 2.24) is 4.90 Å². The zero-order valence-electron chi connectivity index (χ0n) is 12.2. The van der Waals surface area contributed by atoms with E-state index in [4.69, 9.17) is 14.6 Å². The molecule has 1 aromatic carbocycles. The summed E-state index contributed by atoms with van der Waals surface area (Å²) in [4.78, 5) is 14.0. The van der Waals surface area contributed by atoms with Crippen molar-refractivity contribution >= 4 is 5.91 Å². The molecule has 2 rings (SSSR count). The third-order valence-electron chi connectivity index (χ3n) is 3.60. The average Bonchev–Trinajstić information content (AvgIpc) is 2.48. The quantitative estimate of drug-likeness (QED) is 0.900. The summed E-state index contributed by atoms with van der Waals surface area (Å²) in [6.07, 6.45) is -0.235. The number of halogens is 1. The summed E-state index contributed by atoms with van der Waals surface area (Å²) >= 11 is 0. The monoisotopic (exact) mass is 297 g/mol. The molecule has 1 amide bonds. The Morgan fingerprint density at radius 2 is 2.33 bits per heavy atom. The molecule has 1 N–H and O–H groups in total. The maximum atomic E-state index is 13.6. The minimum Gasteiger partial charge on any atom is -0.494 e. The molecule has 0 saturated carbocycles. The largest absolute Gasteiger partial charge is 0.494 e. The highest BCUT2D eigenvalue weighted by molar-refractivity contribution is 5.79. The van der Waals surface area contributed by atoms with Crippen LogP contribution in [0.25, 0.3) is 0 Å². The second-order valence-electron chi connectivity index (χ2n) is 5.18. The highest BCUT2D eigenvalue weighted by Gasteiger charge is 2.29. The van der Waals surface area contributed by atoms with Crippen molar-refractivity contribution in [2.75, 3.05) is 26.9 Å². The van der Waals surface area contributed by atoms with Gasteiger partial charge in [0.2, 0.25) is 5.91 Å². The summed E-state index contributed by atoms with van der Waals surface area (Å²) in [5, 5.41) is 9.13. The molecule has 2 atom stereocenters. The Morgan fingerprint density at radius 3 is 2.95 bits per heavy atom. The number of aliphatic hydroxyl groups is 1. The molecular weight excluding hydrogens is 277 g/mol. The summed E-state index contributed by atoms with van der Waals surface area (Å²) in [7, 11) is 1.40. The van der Waals surface area contributed by atoms with E-state index >= 15 is 0 Å². The first-order chi connectivity index (χ1) is 10.0. The lowest BCUT2D eigenvalue weighted by Crippen LogP contribution is -2.52. The first-order valence-corrected chi connectivity index (χ1v) is 6.89. The molecular formula is C15H20FNO4. The number of methoxy groups -OCH3 is 1. The molecule has 1 aliphatic heterocycles. The van der Waals surface area contributed by atoms with E-state index in [0.29, 0.717) is 18.7 Å². The van der Waals surface area contributed by atoms with E-state index in [1.165, 1.54) is 19.2 Å². The van der Waals surface area contributed by atoms with Crippen LogP contribution in [0.1, 0.15) is 12.5 Å². The third-order valence-corrected chi connectivity index (χ3v) is 3.60. The van der Waals surface area contributed by atoms with Crippen LogP contribution in [0.3, 0.4) is 0 Å². The van der Waals surface area contributed by atoms with Crippen LogP contribution in [-0.4, -0.2) is 54.9 Å². The Kier molecular flexibility index (Phi) is 5.14. The summed E-state index contributed by atoms with van der Waals surface area (Å²) in [5.41, 5.74) is 0.595. The van der Waals surface area contributed by atoms with Gasteiger partial charge in [0.15, 0.2) is 11.6 Å². The molecule has 5 nitrogen and oxygen atoms in total. The van der Waals surface area contributed by atoms with E-state index in [1.807, 2.05) is 6.92 Å². The highest BCUT2D eigenvalue weighted by Crippen LogP contribution is 2.19. The van der Waals surface area contributed by atoms with E-state index in [2.05, 4.69) is 0 Å². The first kappa shape index (κ1) is 15.7. The molecule has 1 saturated heterocycles. The second-order valence-corrected chi connectivity index (χ2v) is 5.18. The minimum absolute atomic E-state index is 0.0524. The van der Waals surface area contributed by atoms with Gasteiger partial charge in [0.05, 0.1) is 38.9 Å². The number of hydrogen-bond donors (Lipinski definition) is 1. The molecule has 1 aliphatic rings. The Morgan fingerprint density at radius 1 is 1.57 bits per heavy atom. The van der Waals surface area contributed by atoms with Gasteiger partial charge in [0.25, 0.3) is 0 Å². The third kappa shape index (κ3) is 3.71. The van der Waals surface area contributed by atoms with Crippen LogP contribution in [0.15, 0.2) is 18.2 Å². The molecule has 1 fully saturated rings. The number of rotatable bonds is 4. The molecule has 116 valence electrons. The van der Waals surface area contributed by atoms with E-state index in [0.717, 1.165) is 0 Å². The van der Waals surface area contributed by atoms with Crippen LogP contribution in [0.2, 0.25) is 0 Å². The Balaban J connectivity index is 2.04. The predicted molar refractivity (Wildman–Crippen MR) is 74.7 cm³/mol. The fraction of sp³-hybridized carbons (Fsp3) is 0.533. The van der Waals surface area contributed by atoms with Crippen molar-refractivity contribution in [3.8, 4) is 5.75 Å². The second kappa shape index (κ2) is 6.87. The van der Waals surface area contributed by atoms with Crippen molar-refractivity contribution in [2.24, 2.45) is 0 Å². The maximum Gasteiger partial charge on any atom is 0.227 e. The number of aliphatic hydroxyl groups excluding tert-OH is 1. The number of benzene rings is 1. The van der Waals surface area contributed by atoms with E-state index < -0.39 is 5.82 Å². The molecule has 0 radical (unpaired) electrons. The standard InChI is InChI=1S/C15H20FNO4/c1-10-9-21-12(8-18)7-17(10)15(19)6-11-3-4-14(20-2)13(16)5-11/h3-5,10,12,18H,6-9H2,1-2H3. The topological polar surface area (TPSA) is 59.0 Å². The van der Waals surface area contributed by atoms with E-state index in [1.54, 1.807) is 11.0 Å². The summed E-state index contributed by atoms with van der Waals surface area (Å²) in [6.45, 7) is 2.52. The van der Waals surface area contributed by atoms with Crippen molar-refractivity contribution in [1.29, 1.82) is 0 Å². The van der Waals surface area contributed by atoms with Crippen molar-refractivity contribution in [2.45, 2.75) is 25.5 Å². The maximum absolute atomic E-state index is 13.6. The number of hydrogen-bond acceptors (Lipinski definition) is 4. The summed E-state index contributed by atoms with van der Waals surface area (Å²) in [5.74, 6) is -0.425. The summed E-state index contributed by atoms with van der Waals surface area (Å²) < 4.78 is 23.9. The first-order valence-electron chi connectivity index (χ1n) is 6.89. The van der Waals surface area contributed by atoms with Crippen LogP contribution in [0.5, 0.6) is 5.75 Å². The lowest BCUT2D eigenvalue weighted by Gasteiger charge is -2.37. The lowest BCUT2D eigenvalue weighted by molar-refractivity contribution is -0.145. The molecule has 0 aliphatic carbocycles. The van der Waals surface area contributed by atoms with Crippen molar-refractivity contribution in [3.05, 3.63) is 29.6 Å². The van der Waals surface area contributed by atoms with Gasteiger partial charge >= 0.3 is 0 Å². The van der Waals surface area contributed by atoms with Crippen LogP contribution < -0.4 is 4.74 Å². The molecule has 2 unspecified atom stereocenters. The van der Waals surface area contributed by atoms with Crippen LogP contribution in [0.4, 0.5) is 4.39 Å². The van der Waals surface area contributed by atoms with Gasteiger partial charge in [0.1, 0.15) is 0 Å². The molecule has 1 heterocycles. The Bertz CT molecular complexity index is 508. The van der Waals surface area contributed by atoms with Gasteiger partial charge in [-0.05, 0) is 24.6 Å². The van der Waals surface area contributed by atoms with Gasteiger partial charge < -0.3 is 19.5 Å². The van der Waals surface area contributed by atoms with Crippen LogP contribution in [0, 0.1) is 5.82 Å². The lowest BCUT2D eigenvalue weighted by atomic mass is 10.1. The number of carbonyl (C=O) groups excluding carboxylic acids is 1. The number of morpholine rings is 1. The number of amides is 1. The molecule has 0 aromatic heterocycles. The average molecular weight is 297 g/mol. The molecule has 6 heteroatoms. The smallest absolute Gasteiger partial charge is 0.227 e. The van der Waals surface area contributed by atoms with Crippen molar-refractivity contribution < 1.29 is 23.8 Å². The van der Waals surface area contributed by atoms with Gasteiger partial charge in [-0.25, -0.2) is 4.39 Å². The molecule has 0 bridgehead atoms. The van der Waals surface area contributed by atoms with E-state index in [9.17, 15) is 9.18 Å². The molecule has 21 heavy (non-hydrogen) atoms. The minimum atomic E-state index is -0.480. The normalized spacial score (nSPS) is 22.2. The number of ether oxygens (including phenoxy) is 2. The van der Waals surface area contributed by atoms with Crippen LogP contribution >= 0.6 is 0 Å². The SMILES string of the molecule is COc1ccc(CC(=O)N2CC(CO)OCC2C)cc1F. The fourth-order valence-corrected chi connectivity index (χ4v) is 2.37. The fourth-order valence-electron chi connectivity index (χ4n) is 2.37. The zero-order valence-corrected chi connectivity index (χ0v) is 12.2. The van der Waals surface area contributed by atoms with Crippen LogP contribution in [-0.2, 0) is 16.0 Å².